The number of hydrogen-bond donors (Lipinski definition) is 3. The van der Waals surface area contributed by atoms with Crippen molar-refractivity contribution in [1.29, 1.82) is 0 Å². The van der Waals surface area contributed by atoms with Crippen LogP contribution in [-0.2, 0) is 0 Å². The van der Waals surface area contributed by atoms with Crippen molar-refractivity contribution < 1.29 is 27.8 Å². The van der Waals surface area contributed by atoms with Gasteiger partial charge in [-0.3, -0.25) is 9.59 Å². The van der Waals surface area contributed by atoms with E-state index in [1.54, 1.807) is 18.2 Å². The fourth-order valence-electron chi connectivity index (χ4n) is 2.37. The SMILES string of the molecule is O=C(Nc1ccc(OC(F)(F)F)cc1)c1c(O)c2ccccc2[nH]c1=O. The molecule has 1 amide bonds. The van der Waals surface area contributed by atoms with Crippen molar-refractivity contribution in [3.8, 4) is 11.5 Å². The summed E-state index contributed by atoms with van der Waals surface area (Å²) < 4.78 is 40.1. The van der Waals surface area contributed by atoms with E-state index in [1.165, 1.54) is 18.2 Å². The highest BCUT2D eigenvalue weighted by atomic mass is 19.4. The molecule has 26 heavy (non-hydrogen) atoms. The van der Waals surface area contributed by atoms with Crippen molar-refractivity contribution in [3.63, 3.8) is 0 Å². The summed E-state index contributed by atoms with van der Waals surface area (Å²) in [5, 5.41) is 12.8. The predicted molar refractivity (Wildman–Crippen MR) is 87.3 cm³/mol. The van der Waals surface area contributed by atoms with Gasteiger partial charge in [-0.1, -0.05) is 12.1 Å². The van der Waals surface area contributed by atoms with Gasteiger partial charge in [-0.15, -0.1) is 13.2 Å². The molecular weight excluding hydrogens is 353 g/mol. The largest absolute Gasteiger partial charge is 0.573 e. The molecule has 1 heterocycles. The quantitative estimate of drug-likeness (QED) is 0.664. The van der Waals surface area contributed by atoms with Gasteiger partial charge in [0.15, 0.2) is 0 Å². The number of pyridine rings is 1. The van der Waals surface area contributed by atoms with Crippen molar-refractivity contribution in [2.45, 2.75) is 6.36 Å². The normalized spacial score (nSPS) is 11.3. The number of nitrogens with one attached hydrogen (secondary N) is 2. The molecule has 0 radical (unpaired) electrons. The van der Waals surface area contributed by atoms with Gasteiger partial charge in [-0.2, -0.15) is 0 Å². The minimum absolute atomic E-state index is 0.122. The van der Waals surface area contributed by atoms with Crippen LogP contribution in [0.2, 0.25) is 0 Å². The molecule has 3 N–H and O–H groups in total. The first-order valence-corrected chi connectivity index (χ1v) is 7.26. The van der Waals surface area contributed by atoms with Crippen LogP contribution in [0, 0.1) is 0 Å². The van der Waals surface area contributed by atoms with Gasteiger partial charge in [0.25, 0.3) is 11.5 Å². The van der Waals surface area contributed by atoms with E-state index in [0.29, 0.717) is 5.52 Å². The first-order chi connectivity index (χ1) is 12.2. The molecule has 0 atom stereocenters. The predicted octanol–water partition coefficient (Wildman–Crippen LogP) is 3.38. The number of alkyl halides is 3. The Balaban J connectivity index is 1.87. The number of amides is 1. The van der Waals surface area contributed by atoms with Gasteiger partial charge < -0.3 is 20.1 Å². The lowest BCUT2D eigenvalue weighted by atomic mass is 10.1. The number of halogens is 3. The standard InChI is InChI=1S/C17H11F3N2O4/c18-17(19,20)26-10-7-5-9(6-8-10)21-15(24)13-14(23)11-3-1-2-4-12(11)22-16(13)25/h1-8H,(H,21,24)(H2,22,23,25). The van der Waals surface area contributed by atoms with Crippen LogP contribution in [0.25, 0.3) is 10.9 Å². The van der Waals surface area contributed by atoms with Crippen LogP contribution in [0.15, 0.2) is 53.3 Å². The molecule has 3 rings (SSSR count). The van der Waals surface area contributed by atoms with Crippen LogP contribution >= 0.6 is 0 Å². The molecule has 0 bridgehead atoms. The van der Waals surface area contributed by atoms with Crippen molar-refractivity contribution in [2.24, 2.45) is 0 Å². The number of para-hydroxylation sites is 1. The number of benzene rings is 2. The zero-order valence-corrected chi connectivity index (χ0v) is 12.9. The maximum absolute atomic E-state index is 12.3. The summed E-state index contributed by atoms with van der Waals surface area (Å²) in [4.78, 5) is 26.9. The second-order valence-corrected chi connectivity index (χ2v) is 5.25. The summed E-state index contributed by atoms with van der Waals surface area (Å²) in [7, 11) is 0. The van der Waals surface area contributed by atoms with E-state index in [2.05, 4.69) is 15.0 Å². The van der Waals surface area contributed by atoms with Crippen LogP contribution in [0.1, 0.15) is 10.4 Å². The minimum atomic E-state index is -4.82. The fraction of sp³-hybridized carbons (Fsp3) is 0.0588. The van der Waals surface area contributed by atoms with Crippen LogP contribution in [0.3, 0.4) is 0 Å². The average Bonchev–Trinajstić information content (AvgIpc) is 2.55. The summed E-state index contributed by atoms with van der Waals surface area (Å²) in [5.74, 6) is -1.85. The zero-order chi connectivity index (χ0) is 18.9. The molecular formula is C17H11F3N2O4. The molecule has 6 nitrogen and oxygen atoms in total. The summed E-state index contributed by atoms with van der Waals surface area (Å²) in [6.45, 7) is 0. The van der Waals surface area contributed by atoms with Gasteiger partial charge in [-0.05, 0) is 36.4 Å². The van der Waals surface area contributed by atoms with Crippen LogP contribution in [0.4, 0.5) is 18.9 Å². The Hall–Kier alpha value is -3.49. The number of aromatic hydroxyl groups is 1. The first-order valence-electron chi connectivity index (χ1n) is 7.26. The molecule has 0 unspecified atom stereocenters. The van der Waals surface area contributed by atoms with Crippen molar-refractivity contribution >= 4 is 22.5 Å². The van der Waals surface area contributed by atoms with Crippen molar-refractivity contribution in [2.75, 3.05) is 5.32 Å². The van der Waals surface area contributed by atoms with E-state index < -0.39 is 34.9 Å². The van der Waals surface area contributed by atoms with Gasteiger partial charge in [0.1, 0.15) is 17.1 Å². The Morgan fingerprint density at radius 2 is 1.73 bits per heavy atom. The number of hydrogen-bond acceptors (Lipinski definition) is 4. The number of carbonyl (C=O) groups excluding carboxylic acids is 1. The number of aromatic amines is 1. The van der Waals surface area contributed by atoms with Gasteiger partial charge >= 0.3 is 6.36 Å². The molecule has 9 heteroatoms. The topological polar surface area (TPSA) is 91.4 Å². The second-order valence-electron chi connectivity index (χ2n) is 5.25. The van der Waals surface area contributed by atoms with Crippen molar-refractivity contribution in [3.05, 3.63) is 64.4 Å². The van der Waals surface area contributed by atoms with Crippen LogP contribution in [0.5, 0.6) is 11.5 Å². The Kier molecular flexibility index (Phi) is 4.29. The fourth-order valence-corrected chi connectivity index (χ4v) is 2.37. The molecule has 0 saturated carbocycles. The number of rotatable bonds is 3. The molecule has 0 aliphatic rings. The second kappa shape index (κ2) is 6.43. The van der Waals surface area contributed by atoms with E-state index in [-0.39, 0.29) is 11.1 Å². The third-order valence-electron chi connectivity index (χ3n) is 3.47. The van der Waals surface area contributed by atoms with E-state index in [9.17, 15) is 27.9 Å². The van der Waals surface area contributed by atoms with Gasteiger partial charge in [-0.25, -0.2) is 0 Å². The van der Waals surface area contributed by atoms with Crippen LogP contribution in [-0.4, -0.2) is 22.4 Å². The van der Waals surface area contributed by atoms with Gasteiger partial charge in [0.05, 0.1) is 5.52 Å². The van der Waals surface area contributed by atoms with E-state index in [1.807, 2.05) is 0 Å². The average molecular weight is 364 g/mol. The maximum atomic E-state index is 12.3. The monoisotopic (exact) mass is 364 g/mol. The number of fused-ring (bicyclic) bond motifs is 1. The lowest BCUT2D eigenvalue weighted by Gasteiger charge is -2.10. The smallest absolute Gasteiger partial charge is 0.506 e. The molecule has 0 spiro atoms. The molecule has 0 aliphatic heterocycles. The lowest BCUT2D eigenvalue weighted by Crippen LogP contribution is -2.23. The Morgan fingerprint density at radius 3 is 2.38 bits per heavy atom. The molecule has 0 fully saturated rings. The number of ether oxygens (including phenoxy) is 1. The number of H-pyrrole nitrogens is 1. The third-order valence-corrected chi connectivity index (χ3v) is 3.47. The Bertz CT molecular complexity index is 1030. The molecule has 134 valence electrons. The number of aromatic nitrogens is 1. The molecule has 0 saturated heterocycles. The summed E-state index contributed by atoms with van der Waals surface area (Å²) in [5.41, 5.74) is -0.813. The van der Waals surface area contributed by atoms with Crippen molar-refractivity contribution in [1.82, 2.24) is 4.98 Å². The van der Waals surface area contributed by atoms with E-state index in [0.717, 1.165) is 12.1 Å². The molecule has 2 aromatic carbocycles. The molecule has 1 aromatic heterocycles. The number of anilines is 1. The summed E-state index contributed by atoms with van der Waals surface area (Å²) >= 11 is 0. The Labute approximate surface area is 143 Å². The van der Waals surface area contributed by atoms with Crippen LogP contribution < -0.4 is 15.6 Å². The zero-order valence-electron chi connectivity index (χ0n) is 12.9. The highest BCUT2D eigenvalue weighted by Gasteiger charge is 2.31. The first kappa shape index (κ1) is 17.3. The number of carbonyl (C=O) groups is 1. The van der Waals surface area contributed by atoms with E-state index in [4.69, 9.17) is 0 Å². The summed E-state index contributed by atoms with van der Waals surface area (Å²) in [6, 6.07) is 10.7. The summed E-state index contributed by atoms with van der Waals surface area (Å²) in [6.07, 6.45) is -4.82. The Morgan fingerprint density at radius 1 is 1.08 bits per heavy atom. The molecule has 3 aromatic rings. The van der Waals surface area contributed by atoms with E-state index >= 15 is 0 Å². The minimum Gasteiger partial charge on any atom is -0.506 e. The highest BCUT2D eigenvalue weighted by Crippen LogP contribution is 2.26. The third kappa shape index (κ3) is 3.61. The van der Waals surface area contributed by atoms with Gasteiger partial charge in [0, 0.05) is 11.1 Å². The lowest BCUT2D eigenvalue weighted by molar-refractivity contribution is -0.274. The maximum Gasteiger partial charge on any atom is 0.573 e. The molecule has 0 aliphatic carbocycles. The van der Waals surface area contributed by atoms with Gasteiger partial charge in [0.2, 0.25) is 0 Å². The highest BCUT2D eigenvalue weighted by molar-refractivity contribution is 6.08.